The van der Waals surface area contributed by atoms with Gasteiger partial charge in [-0.2, -0.15) is 0 Å². The van der Waals surface area contributed by atoms with E-state index < -0.39 is 0 Å². The lowest BCUT2D eigenvalue weighted by Crippen LogP contribution is -2.42. The van der Waals surface area contributed by atoms with Gasteiger partial charge in [-0.3, -0.25) is 4.79 Å². The van der Waals surface area contributed by atoms with Crippen molar-refractivity contribution in [2.45, 2.75) is 155 Å². The second-order valence-electron chi connectivity index (χ2n) is 14.2. The summed E-state index contributed by atoms with van der Waals surface area (Å²) in [5.74, 6) is 3.38. The minimum absolute atomic E-state index is 0.391. The maximum Gasteiger partial charge on any atom is 0.186 e. The Kier molecular flexibility index (Phi) is 12.6. The van der Waals surface area contributed by atoms with Crippen LogP contribution in [0, 0.1) is 34.5 Å². The van der Waals surface area contributed by atoms with Crippen molar-refractivity contribution in [3.05, 3.63) is 19.3 Å². The van der Waals surface area contributed by atoms with Gasteiger partial charge in [-0.1, -0.05) is 162 Å². The normalized spacial score (nSPS) is 33.6. The first-order valence-corrected chi connectivity index (χ1v) is 19.1. The number of ketones is 1. The maximum atomic E-state index is 13.9. The van der Waals surface area contributed by atoms with Gasteiger partial charge in [0.25, 0.3) is 0 Å². The number of halogens is 2. The zero-order chi connectivity index (χ0) is 27.0. The molecule has 0 aromatic rings. The molecule has 0 aromatic heterocycles. The number of hydrogen-bond acceptors (Lipinski definition) is 1. The average molecular weight is 747 g/mol. The number of carbonyl (C=O) groups is 1. The Morgan fingerprint density at radius 1 is 0.658 bits per heavy atom. The van der Waals surface area contributed by atoms with Crippen LogP contribution in [-0.4, -0.2) is 5.78 Å². The fraction of sp³-hybridized carbons (Fsp3) is 0.857. The molecule has 4 fully saturated rings. The molecule has 4 rings (SSSR count). The van der Waals surface area contributed by atoms with E-state index >= 15 is 0 Å². The molecule has 0 bridgehead atoms. The molecule has 0 heterocycles. The molecule has 0 N–H and O–H groups in total. The van der Waals surface area contributed by atoms with Crippen molar-refractivity contribution in [3.8, 4) is 0 Å². The van der Waals surface area contributed by atoms with Crippen molar-refractivity contribution < 1.29 is 4.79 Å². The summed E-state index contributed by atoms with van der Waals surface area (Å²) >= 11 is 4.73. The quantitative estimate of drug-likeness (QED) is 0.128. The van der Waals surface area contributed by atoms with Crippen molar-refractivity contribution in [1.29, 1.82) is 0 Å². The van der Waals surface area contributed by atoms with Gasteiger partial charge in [0.2, 0.25) is 0 Å². The van der Waals surface area contributed by atoms with Gasteiger partial charge in [0.1, 0.15) is 0 Å². The van der Waals surface area contributed by atoms with Crippen molar-refractivity contribution in [2.24, 2.45) is 34.5 Å². The minimum atomic E-state index is 0.391. The highest BCUT2D eigenvalue weighted by atomic mass is 127. The summed E-state index contributed by atoms with van der Waals surface area (Å²) in [5, 5.41) is 0. The summed E-state index contributed by atoms with van der Waals surface area (Å²) < 4.78 is 4.31. The van der Waals surface area contributed by atoms with E-state index in [1.165, 1.54) is 141 Å². The lowest BCUT2D eigenvalue weighted by Gasteiger charge is -2.50. The molecule has 0 amide bonds. The zero-order valence-electron chi connectivity index (χ0n) is 24.7. The fourth-order valence-corrected chi connectivity index (χ4v) is 10.6. The Morgan fingerprint density at radius 3 is 1.34 bits per heavy atom. The first-order chi connectivity index (χ1) is 18.5. The molecule has 4 aliphatic carbocycles. The summed E-state index contributed by atoms with van der Waals surface area (Å²) in [4.78, 5) is 13.9. The molecule has 1 nitrogen and oxygen atoms in total. The predicted molar refractivity (Wildman–Crippen MR) is 181 cm³/mol. The van der Waals surface area contributed by atoms with E-state index in [1.807, 2.05) is 0 Å². The van der Waals surface area contributed by atoms with Crippen LogP contribution in [0.2, 0.25) is 0 Å². The second-order valence-corrected chi connectivity index (χ2v) is 15.4. The summed E-state index contributed by atoms with van der Waals surface area (Å²) in [5.41, 5.74) is 3.28. The van der Waals surface area contributed by atoms with Crippen LogP contribution in [0.1, 0.15) is 155 Å². The Morgan fingerprint density at radius 2 is 1.03 bits per heavy atom. The predicted octanol–water partition coefficient (Wildman–Crippen LogP) is 12.3. The van der Waals surface area contributed by atoms with E-state index in [-0.39, 0.29) is 0 Å². The van der Waals surface area contributed by atoms with Crippen molar-refractivity contribution in [1.82, 2.24) is 0 Å². The number of rotatable bonds is 14. The highest BCUT2D eigenvalue weighted by Gasteiger charge is 2.48. The van der Waals surface area contributed by atoms with Gasteiger partial charge in [-0.25, -0.2) is 0 Å². The van der Waals surface area contributed by atoms with Crippen LogP contribution in [0.5, 0.6) is 0 Å². The third kappa shape index (κ3) is 7.91. The molecule has 0 aromatic carbocycles. The van der Waals surface area contributed by atoms with E-state index in [0.29, 0.717) is 28.4 Å². The van der Waals surface area contributed by atoms with Gasteiger partial charge in [0.15, 0.2) is 5.78 Å². The van der Waals surface area contributed by atoms with Gasteiger partial charge in [-0.05, 0) is 81.2 Å². The number of allylic oxidation sites excluding steroid dienone is 2. The van der Waals surface area contributed by atoms with E-state index in [9.17, 15) is 4.79 Å². The maximum absolute atomic E-state index is 13.9. The van der Waals surface area contributed by atoms with Crippen LogP contribution in [0.4, 0.5) is 0 Å². The van der Waals surface area contributed by atoms with Crippen LogP contribution in [-0.2, 0) is 4.79 Å². The van der Waals surface area contributed by atoms with E-state index in [0.717, 1.165) is 23.0 Å². The molecule has 0 atom stereocenters. The largest absolute Gasteiger partial charge is 0.289 e. The third-order valence-electron chi connectivity index (χ3n) is 11.9. The van der Waals surface area contributed by atoms with Crippen molar-refractivity contribution >= 4 is 51.0 Å². The molecule has 4 aliphatic rings. The van der Waals surface area contributed by atoms with Gasteiger partial charge in [0.05, 0.1) is 0 Å². The molecular formula is C35H56I2O. The topological polar surface area (TPSA) is 17.1 Å². The molecule has 0 aliphatic heterocycles. The lowest BCUT2D eigenvalue weighted by atomic mass is 9.54. The van der Waals surface area contributed by atoms with Crippen LogP contribution in [0.3, 0.4) is 0 Å². The van der Waals surface area contributed by atoms with Gasteiger partial charge in [0, 0.05) is 11.1 Å². The molecule has 4 saturated carbocycles. The molecule has 0 saturated heterocycles. The van der Waals surface area contributed by atoms with Crippen molar-refractivity contribution in [2.75, 3.05) is 0 Å². The van der Waals surface area contributed by atoms with Gasteiger partial charge >= 0.3 is 0 Å². The van der Waals surface area contributed by atoms with Crippen molar-refractivity contribution in [3.63, 3.8) is 0 Å². The molecule has 0 unspecified atom stereocenters. The number of carbonyl (C=O) groups excluding carboxylic acids is 1. The van der Waals surface area contributed by atoms with E-state index in [4.69, 9.17) is 0 Å². The van der Waals surface area contributed by atoms with Crippen LogP contribution in [0.25, 0.3) is 0 Å². The Labute approximate surface area is 262 Å². The minimum Gasteiger partial charge on any atom is -0.289 e. The molecule has 38 heavy (non-hydrogen) atoms. The second kappa shape index (κ2) is 15.2. The monoisotopic (exact) mass is 746 g/mol. The summed E-state index contributed by atoms with van der Waals surface area (Å²) in [6.45, 7) is 4.80. The molecule has 216 valence electrons. The van der Waals surface area contributed by atoms with E-state index in [1.54, 1.807) is 0 Å². The van der Waals surface area contributed by atoms with Crippen LogP contribution < -0.4 is 0 Å². The van der Waals surface area contributed by atoms with Gasteiger partial charge in [-0.15, -0.1) is 0 Å². The van der Waals surface area contributed by atoms with Gasteiger partial charge < -0.3 is 0 Å². The summed E-state index contributed by atoms with van der Waals surface area (Å²) in [6.07, 6.45) is 30.7. The molecule has 0 radical (unpaired) electrons. The SMILES string of the molecule is CC[C@]1(CCCC2CCCCC2)C[C@H](C(=CI)C(=O)C(=CI)[C@H]2C[C@](CC)(CCCC3CCCCC3)C2)C1. The first kappa shape index (κ1) is 31.5. The smallest absolute Gasteiger partial charge is 0.186 e. The number of Topliss-reactive ketones (excluding diaryl/α,β-unsaturated/α-hetero) is 1. The number of hydrogen-bond donors (Lipinski definition) is 0. The standard InChI is InChI=1S/C35H56I2O/c1-3-34(19-11-17-27-13-7-5-8-14-27)21-29(22-34)31(25-36)33(38)32(26-37)30-23-35(4-2,24-30)20-12-18-28-15-9-6-10-16-28/h25-30H,3-24H2,1-2H3/t29-,30-,34-,35-. The Hall–Kier alpha value is 0.610. The van der Waals surface area contributed by atoms with Crippen LogP contribution in [0.15, 0.2) is 19.3 Å². The Bertz CT molecular complexity index is 736. The molecule has 3 heteroatoms. The molecular weight excluding hydrogens is 690 g/mol. The summed E-state index contributed by atoms with van der Waals surface area (Å²) in [6, 6.07) is 0. The highest BCUT2D eigenvalue weighted by molar-refractivity contribution is 14.1. The summed E-state index contributed by atoms with van der Waals surface area (Å²) in [7, 11) is 0. The zero-order valence-corrected chi connectivity index (χ0v) is 29.0. The first-order valence-electron chi connectivity index (χ1n) is 16.6. The lowest BCUT2D eigenvalue weighted by molar-refractivity contribution is -0.115. The third-order valence-corrected chi connectivity index (χ3v) is 13.3. The molecule has 0 spiro atoms. The van der Waals surface area contributed by atoms with Crippen LogP contribution >= 0.6 is 45.2 Å². The average Bonchev–Trinajstić information content (AvgIpc) is 2.91. The fourth-order valence-electron chi connectivity index (χ4n) is 9.05. The van der Waals surface area contributed by atoms with E-state index in [2.05, 4.69) is 67.2 Å². The highest BCUT2D eigenvalue weighted by Crippen LogP contribution is 2.58. The Balaban J connectivity index is 1.24.